The predicted molar refractivity (Wildman–Crippen MR) is 88.9 cm³/mol. The Labute approximate surface area is 139 Å². The molecule has 6 heteroatoms. The molecule has 1 aromatic heterocycles. The molecule has 0 spiro atoms. The van der Waals surface area contributed by atoms with Crippen LogP contribution in [0.2, 0.25) is 0 Å². The number of aromatic nitrogens is 1. The third kappa shape index (κ3) is 4.77. The molecule has 4 nitrogen and oxygen atoms in total. The number of amides is 1. The van der Waals surface area contributed by atoms with E-state index in [1.165, 1.54) is 24.3 Å². The van der Waals surface area contributed by atoms with Gasteiger partial charge < -0.3 is 10.4 Å². The smallest absolute Gasteiger partial charge is 0.251 e. The van der Waals surface area contributed by atoms with E-state index in [-0.39, 0.29) is 18.3 Å². The number of benzene rings is 1. The summed E-state index contributed by atoms with van der Waals surface area (Å²) in [6.07, 6.45) is 1.59. The maximum absolute atomic E-state index is 13.0. The predicted octanol–water partition coefficient (Wildman–Crippen LogP) is 2.97. The number of carbonyl (C=O) groups excluding carboxylic acids is 1. The molecule has 0 saturated carbocycles. The fourth-order valence-electron chi connectivity index (χ4n) is 2.04. The molecule has 2 rings (SSSR count). The van der Waals surface area contributed by atoms with Crippen molar-refractivity contribution in [3.8, 4) is 0 Å². The van der Waals surface area contributed by atoms with Gasteiger partial charge in [0.05, 0.1) is 11.6 Å². The van der Waals surface area contributed by atoms with Gasteiger partial charge >= 0.3 is 0 Å². The summed E-state index contributed by atoms with van der Waals surface area (Å²) in [5, 5.41) is 13.9. The number of nitrogens with zero attached hydrogens (tertiary/aromatic N) is 1. The van der Waals surface area contributed by atoms with Gasteiger partial charge in [0.25, 0.3) is 5.91 Å². The van der Waals surface area contributed by atoms with Crippen molar-refractivity contribution in [2.24, 2.45) is 0 Å². The molecular formula is C17H19FN2O2S. The van der Waals surface area contributed by atoms with Gasteiger partial charge in [0.1, 0.15) is 11.4 Å². The first kappa shape index (κ1) is 17.4. The number of rotatable bonds is 6. The molecule has 1 unspecified atom stereocenters. The van der Waals surface area contributed by atoms with Crippen molar-refractivity contribution in [2.75, 3.05) is 12.3 Å². The summed E-state index contributed by atoms with van der Waals surface area (Å²) >= 11 is 1.55. The quantitative estimate of drug-likeness (QED) is 0.797. The number of carbonyl (C=O) groups is 1. The van der Waals surface area contributed by atoms with Gasteiger partial charge in [-0.2, -0.15) is 0 Å². The average molecular weight is 334 g/mol. The number of aliphatic hydroxyl groups is 1. The Morgan fingerprint density at radius 3 is 2.70 bits per heavy atom. The van der Waals surface area contributed by atoms with Gasteiger partial charge in [-0.1, -0.05) is 19.1 Å². The third-order valence-corrected chi connectivity index (χ3v) is 4.16. The number of thioether (sulfide) groups is 1. The molecule has 2 N–H and O–H groups in total. The van der Waals surface area contributed by atoms with Crippen LogP contribution in [0.4, 0.5) is 4.39 Å². The number of nitrogens with one attached hydrogen (secondary N) is 1. The Morgan fingerprint density at radius 2 is 2.04 bits per heavy atom. The Kier molecular flexibility index (Phi) is 5.74. The van der Waals surface area contributed by atoms with Crippen molar-refractivity contribution in [3.63, 3.8) is 0 Å². The molecule has 122 valence electrons. The van der Waals surface area contributed by atoms with E-state index in [2.05, 4.69) is 10.3 Å². The zero-order valence-corrected chi connectivity index (χ0v) is 13.9. The molecule has 0 fully saturated rings. The minimum Gasteiger partial charge on any atom is -0.384 e. The summed E-state index contributed by atoms with van der Waals surface area (Å²) in [7, 11) is 0. The number of halogens is 1. The van der Waals surface area contributed by atoms with E-state index in [0.29, 0.717) is 11.1 Å². The lowest BCUT2D eigenvalue weighted by molar-refractivity contribution is 0.0526. The van der Waals surface area contributed by atoms with Crippen molar-refractivity contribution in [1.29, 1.82) is 0 Å². The summed E-state index contributed by atoms with van der Waals surface area (Å²) in [5.41, 5.74) is -0.251. The van der Waals surface area contributed by atoms with Crippen LogP contribution in [0.25, 0.3) is 0 Å². The van der Waals surface area contributed by atoms with Crippen LogP contribution in [-0.4, -0.2) is 28.3 Å². The van der Waals surface area contributed by atoms with Gasteiger partial charge in [0.2, 0.25) is 0 Å². The molecule has 1 heterocycles. The maximum Gasteiger partial charge on any atom is 0.251 e. The van der Waals surface area contributed by atoms with E-state index < -0.39 is 5.60 Å². The molecule has 0 saturated heterocycles. The Morgan fingerprint density at radius 1 is 1.35 bits per heavy atom. The van der Waals surface area contributed by atoms with Gasteiger partial charge in [-0.05, 0) is 42.5 Å². The van der Waals surface area contributed by atoms with Crippen LogP contribution in [-0.2, 0) is 5.60 Å². The minimum absolute atomic E-state index is 0.0239. The molecule has 0 aliphatic heterocycles. The molecule has 1 aromatic carbocycles. The number of hydrogen-bond donors (Lipinski definition) is 2. The average Bonchev–Trinajstić information content (AvgIpc) is 2.54. The second-order valence-corrected chi connectivity index (χ2v) is 6.56. The van der Waals surface area contributed by atoms with Crippen LogP contribution in [0.5, 0.6) is 0 Å². The highest BCUT2D eigenvalue weighted by molar-refractivity contribution is 7.99. The Balaban J connectivity index is 2.03. The Bertz CT molecular complexity index is 675. The summed E-state index contributed by atoms with van der Waals surface area (Å²) in [6.45, 7) is 3.61. The highest BCUT2D eigenvalue weighted by Crippen LogP contribution is 2.20. The first-order valence-corrected chi connectivity index (χ1v) is 8.26. The highest BCUT2D eigenvalue weighted by Gasteiger charge is 2.24. The molecule has 2 aromatic rings. The lowest BCUT2D eigenvalue weighted by Crippen LogP contribution is -2.38. The SMILES string of the molecule is CCSc1cc(C(=O)NCC(C)(O)c2ccc(F)cc2)ccn1. The fourth-order valence-corrected chi connectivity index (χ4v) is 2.68. The minimum atomic E-state index is -1.28. The standard InChI is InChI=1S/C17H19FN2O2S/c1-3-23-15-10-12(8-9-19-15)16(21)20-11-17(2,22)13-4-6-14(18)7-5-13/h4-10,22H,3,11H2,1-2H3,(H,20,21). The Hall–Kier alpha value is -1.92. The van der Waals surface area contributed by atoms with Crippen LogP contribution in [0, 0.1) is 5.82 Å². The maximum atomic E-state index is 13.0. The molecule has 1 amide bonds. The number of hydrogen-bond acceptors (Lipinski definition) is 4. The summed E-state index contributed by atoms with van der Waals surface area (Å²) in [4.78, 5) is 16.4. The van der Waals surface area contributed by atoms with E-state index in [1.807, 2.05) is 6.92 Å². The topological polar surface area (TPSA) is 62.2 Å². The van der Waals surface area contributed by atoms with E-state index >= 15 is 0 Å². The molecule has 0 radical (unpaired) electrons. The van der Waals surface area contributed by atoms with Crippen LogP contribution in [0.3, 0.4) is 0 Å². The van der Waals surface area contributed by atoms with E-state index in [0.717, 1.165) is 10.8 Å². The summed E-state index contributed by atoms with van der Waals surface area (Å²) in [5.74, 6) is 0.219. The summed E-state index contributed by atoms with van der Waals surface area (Å²) < 4.78 is 13.0. The lowest BCUT2D eigenvalue weighted by Gasteiger charge is -2.24. The van der Waals surface area contributed by atoms with Crippen molar-refractivity contribution >= 4 is 17.7 Å². The first-order valence-electron chi connectivity index (χ1n) is 7.28. The first-order chi connectivity index (χ1) is 10.9. The van der Waals surface area contributed by atoms with Gasteiger partial charge in [-0.25, -0.2) is 9.37 Å². The van der Waals surface area contributed by atoms with Crippen LogP contribution in [0.15, 0.2) is 47.6 Å². The van der Waals surface area contributed by atoms with Gasteiger partial charge in [0, 0.05) is 11.8 Å². The zero-order chi connectivity index (χ0) is 16.9. The molecular weight excluding hydrogens is 315 g/mol. The monoisotopic (exact) mass is 334 g/mol. The second-order valence-electron chi connectivity index (χ2n) is 5.28. The molecule has 1 atom stereocenters. The van der Waals surface area contributed by atoms with Crippen LogP contribution >= 0.6 is 11.8 Å². The summed E-state index contributed by atoms with van der Waals surface area (Å²) in [6, 6.07) is 8.91. The molecule has 0 bridgehead atoms. The van der Waals surface area contributed by atoms with E-state index in [9.17, 15) is 14.3 Å². The number of pyridine rings is 1. The highest BCUT2D eigenvalue weighted by atomic mass is 32.2. The van der Waals surface area contributed by atoms with E-state index in [4.69, 9.17) is 0 Å². The largest absolute Gasteiger partial charge is 0.384 e. The van der Waals surface area contributed by atoms with Gasteiger partial charge in [-0.3, -0.25) is 4.79 Å². The van der Waals surface area contributed by atoms with Crippen LogP contribution < -0.4 is 5.32 Å². The second kappa shape index (κ2) is 7.57. The van der Waals surface area contributed by atoms with Crippen LogP contribution in [0.1, 0.15) is 29.8 Å². The van der Waals surface area contributed by atoms with Crippen molar-refractivity contribution < 1.29 is 14.3 Å². The van der Waals surface area contributed by atoms with Crippen molar-refractivity contribution in [3.05, 3.63) is 59.5 Å². The molecule has 23 heavy (non-hydrogen) atoms. The zero-order valence-electron chi connectivity index (χ0n) is 13.0. The molecule has 0 aliphatic carbocycles. The van der Waals surface area contributed by atoms with E-state index in [1.54, 1.807) is 37.0 Å². The van der Waals surface area contributed by atoms with Crippen molar-refractivity contribution in [2.45, 2.75) is 24.5 Å². The normalized spacial score (nSPS) is 13.4. The van der Waals surface area contributed by atoms with Crippen molar-refractivity contribution in [1.82, 2.24) is 10.3 Å². The lowest BCUT2D eigenvalue weighted by atomic mass is 9.96. The third-order valence-electron chi connectivity index (χ3n) is 3.35. The molecule has 0 aliphatic rings. The van der Waals surface area contributed by atoms with Gasteiger partial charge in [-0.15, -0.1) is 11.8 Å². The van der Waals surface area contributed by atoms with Gasteiger partial charge in [0.15, 0.2) is 0 Å². The fraction of sp³-hybridized carbons (Fsp3) is 0.294.